The average molecular weight is 527 g/mol. The van der Waals surface area contributed by atoms with Crippen molar-refractivity contribution < 1.29 is 9.53 Å². The summed E-state index contributed by atoms with van der Waals surface area (Å²) < 4.78 is 7.90. The summed E-state index contributed by atoms with van der Waals surface area (Å²) in [6.45, 7) is 12.0. The molecule has 2 aromatic carbocycles. The van der Waals surface area contributed by atoms with E-state index in [1.54, 1.807) is 0 Å². The molecule has 3 heterocycles. The van der Waals surface area contributed by atoms with Crippen molar-refractivity contribution in [3.63, 3.8) is 0 Å². The fourth-order valence-electron chi connectivity index (χ4n) is 5.06. The first-order valence-corrected chi connectivity index (χ1v) is 13.1. The van der Waals surface area contributed by atoms with Crippen molar-refractivity contribution in [2.45, 2.75) is 32.9 Å². The predicted octanol–water partition coefficient (Wildman–Crippen LogP) is 4.48. The van der Waals surface area contributed by atoms with E-state index in [0.717, 1.165) is 40.9 Å². The Bertz CT molecular complexity index is 1500. The fraction of sp³-hybridized carbons (Fsp3) is 0.310. The number of nitrogens with zero attached hydrogens (tertiary/aromatic N) is 5. The topological polar surface area (TPSA) is 109 Å². The number of hydrogen-bond donors (Lipinski definition) is 3. The SMILES string of the molecule is C=CC(=O)Nc1cc(Nc2cc(-c3ccc4c(cnn4C)c3)ncn2)c(OCC)cc1N1C[C@@H](C)N[C@@H](C)C1. The minimum absolute atomic E-state index is 0.280. The fourth-order valence-corrected chi connectivity index (χ4v) is 5.06. The molecular weight excluding hydrogens is 492 g/mol. The highest BCUT2D eigenvalue weighted by molar-refractivity contribution is 6.02. The lowest BCUT2D eigenvalue weighted by Gasteiger charge is -2.38. The first-order valence-electron chi connectivity index (χ1n) is 13.1. The van der Waals surface area contributed by atoms with Gasteiger partial charge in [0.25, 0.3) is 0 Å². The van der Waals surface area contributed by atoms with Gasteiger partial charge < -0.3 is 25.6 Å². The number of hydrogen-bond acceptors (Lipinski definition) is 8. The number of carbonyl (C=O) groups excluding carboxylic acids is 1. The lowest BCUT2D eigenvalue weighted by Crippen LogP contribution is -2.54. The quantitative estimate of drug-likeness (QED) is 0.288. The van der Waals surface area contributed by atoms with Gasteiger partial charge in [-0.15, -0.1) is 0 Å². The van der Waals surface area contributed by atoms with Gasteiger partial charge in [0.15, 0.2) is 0 Å². The van der Waals surface area contributed by atoms with Crippen LogP contribution in [0.4, 0.5) is 22.9 Å². The zero-order valence-electron chi connectivity index (χ0n) is 22.7. The molecule has 1 aliphatic rings. The van der Waals surface area contributed by atoms with Crippen molar-refractivity contribution in [2.75, 3.05) is 35.2 Å². The van der Waals surface area contributed by atoms with Crippen LogP contribution in [-0.2, 0) is 11.8 Å². The summed E-state index contributed by atoms with van der Waals surface area (Å²) in [7, 11) is 1.92. The maximum absolute atomic E-state index is 12.4. The average Bonchev–Trinajstić information content (AvgIpc) is 3.29. The monoisotopic (exact) mass is 526 g/mol. The van der Waals surface area contributed by atoms with Crippen molar-refractivity contribution in [2.24, 2.45) is 7.05 Å². The summed E-state index contributed by atoms with van der Waals surface area (Å²) in [6, 6.07) is 12.5. The lowest BCUT2D eigenvalue weighted by atomic mass is 10.1. The van der Waals surface area contributed by atoms with Crippen LogP contribution in [0.5, 0.6) is 5.75 Å². The molecule has 10 nitrogen and oxygen atoms in total. The van der Waals surface area contributed by atoms with E-state index in [4.69, 9.17) is 4.74 Å². The molecule has 0 bridgehead atoms. The largest absolute Gasteiger partial charge is 0.492 e. The van der Waals surface area contributed by atoms with Gasteiger partial charge in [-0.05, 0) is 45.0 Å². The normalized spacial score (nSPS) is 17.2. The van der Waals surface area contributed by atoms with Crippen LogP contribution in [0.15, 0.2) is 61.6 Å². The maximum atomic E-state index is 12.4. The highest BCUT2D eigenvalue weighted by Gasteiger charge is 2.25. The van der Waals surface area contributed by atoms with E-state index in [-0.39, 0.29) is 5.91 Å². The second-order valence-electron chi connectivity index (χ2n) is 9.82. The van der Waals surface area contributed by atoms with E-state index in [0.29, 0.717) is 41.6 Å². The van der Waals surface area contributed by atoms with Gasteiger partial charge in [-0.3, -0.25) is 9.48 Å². The molecule has 2 aromatic heterocycles. The van der Waals surface area contributed by atoms with E-state index in [1.165, 1.54) is 12.4 Å². The molecule has 1 amide bonds. The number of aromatic nitrogens is 4. The zero-order valence-corrected chi connectivity index (χ0v) is 22.7. The Labute approximate surface area is 228 Å². The molecule has 3 N–H and O–H groups in total. The molecule has 0 saturated carbocycles. The number of anilines is 4. The number of ether oxygens (including phenoxy) is 1. The summed E-state index contributed by atoms with van der Waals surface area (Å²) in [6.07, 6.45) is 4.64. The summed E-state index contributed by atoms with van der Waals surface area (Å²) in [5.74, 6) is 0.989. The molecule has 1 aliphatic heterocycles. The van der Waals surface area contributed by atoms with Crippen molar-refractivity contribution in [3.8, 4) is 17.0 Å². The molecule has 5 rings (SSSR count). The van der Waals surface area contributed by atoms with Crippen LogP contribution in [0.25, 0.3) is 22.2 Å². The van der Waals surface area contributed by atoms with Gasteiger partial charge in [0, 0.05) is 55.3 Å². The minimum atomic E-state index is -0.280. The Morgan fingerprint density at radius 1 is 1.15 bits per heavy atom. The van der Waals surface area contributed by atoms with E-state index in [9.17, 15) is 4.79 Å². The Balaban J connectivity index is 1.51. The van der Waals surface area contributed by atoms with E-state index in [1.807, 2.05) is 55.2 Å². The Morgan fingerprint density at radius 2 is 1.95 bits per heavy atom. The Hall–Kier alpha value is -4.44. The summed E-state index contributed by atoms with van der Waals surface area (Å²) in [5, 5.41) is 15.3. The Kier molecular flexibility index (Phi) is 7.47. The number of carbonyl (C=O) groups is 1. The first-order chi connectivity index (χ1) is 18.8. The van der Waals surface area contributed by atoms with E-state index < -0.39 is 0 Å². The molecule has 2 atom stereocenters. The van der Waals surface area contributed by atoms with Crippen LogP contribution in [0.2, 0.25) is 0 Å². The number of amides is 1. The summed E-state index contributed by atoms with van der Waals surface area (Å²) in [4.78, 5) is 23.6. The van der Waals surface area contributed by atoms with Gasteiger partial charge in [-0.2, -0.15) is 5.10 Å². The minimum Gasteiger partial charge on any atom is -0.492 e. The molecule has 0 unspecified atom stereocenters. The van der Waals surface area contributed by atoms with Gasteiger partial charge >= 0.3 is 0 Å². The van der Waals surface area contributed by atoms with Gasteiger partial charge in [0.2, 0.25) is 5.91 Å². The van der Waals surface area contributed by atoms with Crippen molar-refractivity contribution in [1.82, 2.24) is 25.1 Å². The second kappa shape index (κ2) is 11.1. The number of aryl methyl sites for hydroxylation is 1. The number of piperazine rings is 1. The molecule has 1 fully saturated rings. The highest BCUT2D eigenvalue weighted by Crippen LogP contribution is 2.39. The van der Waals surface area contributed by atoms with Crippen LogP contribution in [0.1, 0.15) is 20.8 Å². The smallest absolute Gasteiger partial charge is 0.247 e. The second-order valence-corrected chi connectivity index (χ2v) is 9.82. The summed E-state index contributed by atoms with van der Waals surface area (Å²) >= 11 is 0. The third-order valence-corrected chi connectivity index (χ3v) is 6.71. The van der Waals surface area contributed by atoms with Crippen molar-refractivity contribution >= 4 is 39.7 Å². The Morgan fingerprint density at radius 3 is 2.69 bits per heavy atom. The molecule has 10 heteroatoms. The van der Waals surface area contributed by atoms with Gasteiger partial charge in [-0.1, -0.05) is 12.6 Å². The maximum Gasteiger partial charge on any atom is 0.247 e. The van der Waals surface area contributed by atoms with Crippen LogP contribution >= 0.6 is 0 Å². The van der Waals surface area contributed by atoms with Crippen LogP contribution in [0.3, 0.4) is 0 Å². The molecule has 202 valence electrons. The molecule has 0 aliphatic carbocycles. The van der Waals surface area contributed by atoms with Crippen molar-refractivity contribution in [3.05, 3.63) is 61.6 Å². The van der Waals surface area contributed by atoms with Gasteiger partial charge in [0.05, 0.1) is 41.1 Å². The van der Waals surface area contributed by atoms with Gasteiger partial charge in [0.1, 0.15) is 17.9 Å². The van der Waals surface area contributed by atoms with Crippen molar-refractivity contribution in [1.29, 1.82) is 0 Å². The zero-order chi connectivity index (χ0) is 27.5. The molecule has 0 radical (unpaired) electrons. The van der Waals surface area contributed by atoms with Gasteiger partial charge in [-0.25, -0.2) is 9.97 Å². The number of rotatable bonds is 8. The third kappa shape index (κ3) is 5.70. The van der Waals surface area contributed by atoms with Crippen LogP contribution in [0, 0.1) is 0 Å². The van der Waals surface area contributed by atoms with Crippen LogP contribution in [-0.4, -0.2) is 57.4 Å². The molecule has 4 aromatic rings. The third-order valence-electron chi connectivity index (χ3n) is 6.71. The number of nitrogens with one attached hydrogen (secondary N) is 3. The number of fused-ring (bicyclic) bond motifs is 1. The molecule has 1 saturated heterocycles. The number of benzene rings is 2. The lowest BCUT2D eigenvalue weighted by molar-refractivity contribution is -0.111. The first kappa shape index (κ1) is 26.2. The highest BCUT2D eigenvalue weighted by atomic mass is 16.5. The van der Waals surface area contributed by atoms with Crippen LogP contribution < -0.4 is 25.6 Å². The molecule has 0 spiro atoms. The van der Waals surface area contributed by atoms with E-state index >= 15 is 0 Å². The summed E-state index contributed by atoms with van der Waals surface area (Å²) in [5.41, 5.74) is 5.04. The standard InChI is InChI=1S/C29H34N8O2/c1-6-29(38)35-23-11-24(27(39-7-2)13-26(23)37-15-18(3)33-19(4)16-37)34-28-12-22(30-17-31-28)20-8-9-25-21(10-20)14-32-36(25)5/h6,8-14,17-19,33H,1,7,15-16H2,2-5H3,(H,35,38)(H,30,31,34)/t18-,19+. The predicted molar refractivity (Wildman–Crippen MR) is 156 cm³/mol. The molecule has 39 heavy (non-hydrogen) atoms. The molecular formula is C29H34N8O2. The van der Waals surface area contributed by atoms with E-state index in [2.05, 4.69) is 62.4 Å².